The second-order valence-electron chi connectivity index (χ2n) is 4.84. The Bertz CT molecular complexity index is 670. The van der Waals surface area contributed by atoms with E-state index in [1.54, 1.807) is 6.07 Å². The smallest absolute Gasteiger partial charge is 0.208 e. The van der Waals surface area contributed by atoms with Gasteiger partial charge in [-0.05, 0) is 31.0 Å². The molecule has 0 radical (unpaired) electrons. The molecule has 110 valence electrons. The Labute approximate surface area is 125 Å². The van der Waals surface area contributed by atoms with Gasteiger partial charge in [-0.1, -0.05) is 11.8 Å². The molecule has 7 heteroatoms. The van der Waals surface area contributed by atoms with Crippen LogP contribution < -0.4 is 4.74 Å². The van der Waals surface area contributed by atoms with Crippen LogP contribution in [0.5, 0.6) is 5.75 Å². The van der Waals surface area contributed by atoms with E-state index in [9.17, 15) is 9.18 Å². The van der Waals surface area contributed by atoms with E-state index in [0.717, 1.165) is 18.7 Å². The fourth-order valence-corrected chi connectivity index (χ4v) is 2.62. The predicted octanol–water partition coefficient (Wildman–Crippen LogP) is 2.80. The molecule has 1 N–H and O–H groups in total. The quantitative estimate of drug-likeness (QED) is 0.656. The average molecular weight is 307 g/mol. The van der Waals surface area contributed by atoms with Crippen LogP contribution in [0.4, 0.5) is 4.39 Å². The number of rotatable bonds is 6. The Kier molecular flexibility index (Phi) is 3.92. The molecule has 0 aliphatic heterocycles. The molecule has 1 aliphatic carbocycles. The lowest BCUT2D eigenvalue weighted by Gasteiger charge is -2.03. The van der Waals surface area contributed by atoms with Crippen molar-refractivity contribution >= 4 is 17.5 Å². The number of H-pyrrole nitrogens is 1. The van der Waals surface area contributed by atoms with E-state index in [1.165, 1.54) is 31.0 Å². The third kappa shape index (κ3) is 3.24. The number of hydrogen-bond acceptors (Lipinski definition) is 5. The van der Waals surface area contributed by atoms with Crippen LogP contribution in [0.25, 0.3) is 0 Å². The number of halogens is 1. The molecule has 5 nitrogen and oxygen atoms in total. The number of ether oxygens (including phenoxy) is 1. The molecule has 0 saturated heterocycles. The van der Waals surface area contributed by atoms with Crippen molar-refractivity contribution in [1.29, 1.82) is 0 Å². The largest absolute Gasteiger partial charge is 0.494 e. The van der Waals surface area contributed by atoms with Crippen molar-refractivity contribution < 1.29 is 13.9 Å². The zero-order chi connectivity index (χ0) is 14.8. The molecule has 0 spiro atoms. The molecule has 0 atom stereocenters. The van der Waals surface area contributed by atoms with E-state index < -0.39 is 5.82 Å². The van der Waals surface area contributed by atoms with Gasteiger partial charge in [0.2, 0.25) is 5.16 Å². The van der Waals surface area contributed by atoms with E-state index in [1.807, 2.05) is 0 Å². The summed E-state index contributed by atoms with van der Waals surface area (Å²) in [5, 5.41) is 7.51. The van der Waals surface area contributed by atoms with Gasteiger partial charge in [-0.15, -0.1) is 5.10 Å². The van der Waals surface area contributed by atoms with E-state index >= 15 is 0 Å². The van der Waals surface area contributed by atoms with Crippen LogP contribution in [0.3, 0.4) is 0 Å². The molecule has 0 amide bonds. The van der Waals surface area contributed by atoms with Crippen molar-refractivity contribution in [2.45, 2.75) is 23.9 Å². The first kappa shape index (κ1) is 14.1. The first-order valence-electron chi connectivity index (χ1n) is 6.59. The second-order valence-corrected chi connectivity index (χ2v) is 5.78. The van der Waals surface area contributed by atoms with E-state index in [0.29, 0.717) is 16.6 Å². The molecule has 3 rings (SSSR count). The molecule has 1 fully saturated rings. The number of aromatic nitrogens is 3. The minimum atomic E-state index is -0.540. The number of thioether (sulfide) groups is 1. The van der Waals surface area contributed by atoms with Crippen LogP contribution in [0, 0.1) is 5.82 Å². The lowest BCUT2D eigenvalue weighted by Crippen LogP contribution is -2.03. The number of hydrogen-bond donors (Lipinski definition) is 1. The van der Waals surface area contributed by atoms with Crippen LogP contribution in [0.15, 0.2) is 23.4 Å². The number of benzene rings is 1. The van der Waals surface area contributed by atoms with Crippen molar-refractivity contribution in [3.8, 4) is 5.75 Å². The summed E-state index contributed by atoms with van der Waals surface area (Å²) in [6.45, 7) is 0. The first-order chi connectivity index (χ1) is 10.2. The summed E-state index contributed by atoms with van der Waals surface area (Å²) in [6, 6.07) is 4.19. The highest BCUT2D eigenvalue weighted by Crippen LogP contribution is 2.38. The summed E-state index contributed by atoms with van der Waals surface area (Å²) in [4.78, 5) is 16.4. The predicted molar refractivity (Wildman–Crippen MR) is 76.4 cm³/mol. The standard InChI is InChI=1S/C14H14FN3O2S/c1-20-12-5-4-9(6-10(12)15)11(19)7-21-14-16-13(17-18-14)8-2-3-8/h4-6,8H,2-3,7H2,1H3,(H,16,17,18). The molecule has 1 aromatic heterocycles. The number of nitrogens with one attached hydrogen (secondary N) is 1. The topological polar surface area (TPSA) is 67.9 Å². The lowest BCUT2D eigenvalue weighted by molar-refractivity contribution is 0.102. The summed E-state index contributed by atoms with van der Waals surface area (Å²) < 4.78 is 18.4. The summed E-state index contributed by atoms with van der Waals surface area (Å²) in [7, 11) is 1.39. The highest BCUT2D eigenvalue weighted by Gasteiger charge is 2.27. The maximum atomic E-state index is 13.6. The zero-order valence-corrected chi connectivity index (χ0v) is 12.2. The molecule has 1 aliphatic rings. The van der Waals surface area contributed by atoms with Crippen LogP contribution in [0.2, 0.25) is 0 Å². The summed E-state index contributed by atoms with van der Waals surface area (Å²) >= 11 is 1.25. The van der Waals surface area contributed by atoms with Gasteiger partial charge in [0.15, 0.2) is 17.3 Å². The fourth-order valence-electron chi connectivity index (χ4n) is 1.92. The molecular formula is C14H14FN3O2S. The van der Waals surface area contributed by atoms with Gasteiger partial charge in [0.1, 0.15) is 5.82 Å². The number of carbonyl (C=O) groups excluding carboxylic acids is 1. The van der Waals surface area contributed by atoms with Crippen molar-refractivity contribution in [3.05, 3.63) is 35.4 Å². The third-order valence-corrected chi connectivity index (χ3v) is 4.10. The number of aromatic amines is 1. The summed E-state index contributed by atoms with van der Waals surface area (Å²) in [5.41, 5.74) is 0.318. The number of nitrogens with zero attached hydrogens (tertiary/aromatic N) is 2. The Morgan fingerprint density at radius 3 is 3.00 bits per heavy atom. The molecule has 2 aromatic rings. The number of Topliss-reactive ketones (excluding diaryl/α,β-unsaturated/α-hetero) is 1. The van der Waals surface area contributed by atoms with Crippen LogP contribution in [0.1, 0.15) is 34.9 Å². The van der Waals surface area contributed by atoms with E-state index in [4.69, 9.17) is 4.74 Å². The van der Waals surface area contributed by atoms with Gasteiger partial charge in [0.05, 0.1) is 12.9 Å². The molecule has 1 saturated carbocycles. The van der Waals surface area contributed by atoms with Crippen molar-refractivity contribution in [2.75, 3.05) is 12.9 Å². The number of carbonyl (C=O) groups is 1. The van der Waals surface area contributed by atoms with E-state index in [2.05, 4.69) is 15.2 Å². The van der Waals surface area contributed by atoms with Gasteiger partial charge in [0, 0.05) is 11.5 Å². The van der Waals surface area contributed by atoms with Crippen molar-refractivity contribution in [1.82, 2.24) is 15.2 Å². The minimum absolute atomic E-state index is 0.127. The Balaban J connectivity index is 1.61. The Morgan fingerprint density at radius 2 is 2.33 bits per heavy atom. The second kappa shape index (κ2) is 5.85. The van der Waals surface area contributed by atoms with Crippen molar-refractivity contribution in [3.63, 3.8) is 0 Å². The summed E-state index contributed by atoms with van der Waals surface area (Å²) in [5.74, 6) is 0.982. The Morgan fingerprint density at radius 1 is 1.52 bits per heavy atom. The first-order valence-corrected chi connectivity index (χ1v) is 7.58. The van der Waals surface area contributed by atoms with Gasteiger partial charge in [-0.2, -0.15) is 0 Å². The van der Waals surface area contributed by atoms with Crippen LogP contribution >= 0.6 is 11.8 Å². The lowest BCUT2D eigenvalue weighted by atomic mass is 10.1. The van der Waals surface area contributed by atoms with Gasteiger partial charge < -0.3 is 4.74 Å². The highest BCUT2D eigenvalue weighted by molar-refractivity contribution is 7.99. The van der Waals surface area contributed by atoms with E-state index in [-0.39, 0.29) is 17.3 Å². The molecule has 21 heavy (non-hydrogen) atoms. The summed E-state index contributed by atoms with van der Waals surface area (Å²) in [6.07, 6.45) is 2.28. The highest BCUT2D eigenvalue weighted by atomic mass is 32.2. The van der Waals surface area contributed by atoms with Crippen LogP contribution in [-0.4, -0.2) is 33.8 Å². The van der Waals surface area contributed by atoms with Gasteiger partial charge >= 0.3 is 0 Å². The third-order valence-electron chi connectivity index (χ3n) is 3.25. The fraction of sp³-hybridized carbons (Fsp3) is 0.357. The molecule has 0 bridgehead atoms. The molecule has 1 aromatic carbocycles. The average Bonchev–Trinajstić information content (AvgIpc) is 3.23. The number of ketones is 1. The zero-order valence-electron chi connectivity index (χ0n) is 11.4. The molecule has 0 unspecified atom stereocenters. The minimum Gasteiger partial charge on any atom is -0.494 e. The Hall–Kier alpha value is -1.89. The van der Waals surface area contributed by atoms with Crippen LogP contribution in [-0.2, 0) is 0 Å². The van der Waals surface area contributed by atoms with Crippen molar-refractivity contribution in [2.24, 2.45) is 0 Å². The maximum Gasteiger partial charge on any atom is 0.208 e. The van der Waals surface area contributed by atoms with Gasteiger partial charge in [0.25, 0.3) is 0 Å². The molecule has 1 heterocycles. The van der Waals surface area contributed by atoms with Gasteiger partial charge in [-0.25, -0.2) is 9.37 Å². The normalized spacial score (nSPS) is 14.2. The monoisotopic (exact) mass is 307 g/mol. The molecular weight excluding hydrogens is 293 g/mol. The SMILES string of the molecule is COc1ccc(C(=O)CSc2n[nH]c(C3CC3)n2)cc1F. The number of methoxy groups -OCH3 is 1. The maximum absolute atomic E-state index is 13.6. The van der Waals surface area contributed by atoms with Gasteiger partial charge in [-0.3, -0.25) is 9.89 Å².